The summed E-state index contributed by atoms with van der Waals surface area (Å²) in [5.41, 5.74) is 2.90. The highest BCUT2D eigenvalue weighted by Gasteiger charge is 2.33. The molecule has 7 nitrogen and oxygen atoms in total. The molecule has 0 radical (unpaired) electrons. The van der Waals surface area contributed by atoms with Crippen LogP contribution in [0.4, 0.5) is 4.39 Å². The molecule has 0 saturated heterocycles. The fourth-order valence-corrected chi connectivity index (χ4v) is 3.48. The van der Waals surface area contributed by atoms with Crippen molar-refractivity contribution < 1.29 is 9.18 Å². The van der Waals surface area contributed by atoms with Gasteiger partial charge in [-0.25, -0.2) is 19.0 Å². The largest absolute Gasteiger partial charge is 0.346 e. The van der Waals surface area contributed by atoms with Gasteiger partial charge in [-0.05, 0) is 43.2 Å². The second kappa shape index (κ2) is 8.06. The van der Waals surface area contributed by atoms with Crippen LogP contribution in [0.3, 0.4) is 0 Å². The van der Waals surface area contributed by atoms with E-state index in [-0.39, 0.29) is 17.6 Å². The first kappa shape index (κ1) is 19.0. The number of amides is 1. The van der Waals surface area contributed by atoms with Crippen LogP contribution >= 0.6 is 0 Å². The lowest BCUT2D eigenvalue weighted by Gasteiger charge is -2.09. The molecule has 1 aliphatic rings. The number of nitrogens with one attached hydrogen (secondary N) is 1. The van der Waals surface area contributed by atoms with Gasteiger partial charge in [0.15, 0.2) is 0 Å². The van der Waals surface area contributed by atoms with Crippen LogP contribution < -0.4 is 5.32 Å². The minimum absolute atomic E-state index is 0.218. The molecule has 3 aromatic heterocycles. The highest BCUT2D eigenvalue weighted by atomic mass is 19.1. The zero-order valence-electron chi connectivity index (χ0n) is 16.6. The molecule has 31 heavy (non-hydrogen) atoms. The Morgan fingerprint density at radius 3 is 2.68 bits per heavy atom. The Balaban J connectivity index is 1.46. The van der Waals surface area contributed by atoms with E-state index in [9.17, 15) is 9.18 Å². The Bertz CT molecular complexity index is 1240. The fraction of sp³-hybridized carbons (Fsp3) is 0.174. The van der Waals surface area contributed by atoms with E-state index in [1.807, 2.05) is 18.2 Å². The van der Waals surface area contributed by atoms with Gasteiger partial charge in [0, 0.05) is 23.9 Å². The van der Waals surface area contributed by atoms with E-state index < -0.39 is 0 Å². The van der Waals surface area contributed by atoms with Crippen LogP contribution in [0.1, 0.15) is 40.5 Å². The summed E-state index contributed by atoms with van der Waals surface area (Å²) in [6.07, 6.45) is 6.75. The van der Waals surface area contributed by atoms with Crippen LogP contribution in [-0.2, 0) is 6.54 Å². The van der Waals surface area contributed by atoms with Gasteiger partial charge >= 0.3 is 0 Å². The van der Waals surface area contributed by atoms with E-state index in [2.05, 4.69) is 25.4 Å². The zero-order chi connectivity index (χ0) is 21.2. The third-order valence-corrected chi connectivity index (χ3v) is 5.15. The molecule has 1 N–H and O–H groups in total. The number of carbonyl (C=O) groups is 1. The van der Waals surface area contributed by atoms with Crippen LogP contribution in [0.15, 0.2) is 67.1 Å². The maximum absolute atomic E-state index is 14.2. The third kappa shape index (κ3) is 3.92. The Morgan fingerprint density at radius 2 is 1.90 bits per heavy atom. The molecule has 5 rings (SSSR count). The van der Waals surface area contributed by atoms with Crippen LogP contribution in [0.25, 0.3) is 17.2 Å². The molecule has 4 aromatic rings. The van der Waals surface area contributed by atoms with Crippen molar-refractivity contribution in [1.82, 2.24) is 30.0 Å². The molecule has 0 atom stereocenters. The fourth-order valence-electron chi connectivity index (χ4n) is 3.48. The Hall–Kier alpha value is -3.94. The predicted molar refractivity (Wildman–Crippen MR) is 112 cm³/mol. The second-order valence-electron chi connectivity index (χ2n) is 7.36. The molecule has 1 fully saturated rings. The number of nitrogens with zero attached hydrogens (tertiary/aromatic N) is 5. The average Bonchev–Trinajstić information content (AvgIpc) is 3.56. The number of pyridine rings is 1. The number of hydrogen-bond donors (Lipinski definition) is 1. The quantitative estimate of drug-likeness (QED) is 0.520. The van der Waals surface area contributed by atoms with Gasteiger partial charge in [-0.2, -0.15) is 5.10 Å². The summed E-state index contributed by atoms with van der Waals surface area (Å²) in [7, 11) is 0. The highest BCUT2D eigenvalue weighted by Crippen LogP contribution is 2.42. The third-order valence-electron chi connectivity index (χ3n) is 5.15. The van der Waals surface area contributed by atoms with Gasteiger partial charge in [-0.15, -0.1) is 0 Å². The van der Waals surface area contributed by atoms with Crippen LogP contribution in [0.5, 0.6) is 0 Å². The second-order valence-corrected chi connectivity index (χ2v) is 7.36. The molecule has 3 heterocycles. The topological polar surface area (TPSA) is 85.6 Å². The minimum atomic E-state index is -0.357. The molecule has 1 saturated carbocycles. The molecule has 0 spiro atoms. The van der Waals surface area contributed by atoms with E-state index in [1.165, 1.54) is 6.07 Å². The predicted octanol–water partition coefficient (Wildman–Crippen LogP) is 3.67. The summed E-state index contributed by atoms with van der Waals surface area (Å²) in [6, 6.07) is 13.7. The first-order valence-corrected chi connectivity index (χ1v) is 10.0. The lowest BCUT2D eigenvalue weighted by molar-refractivity contribution is 0.0949. The van der Waals surface area contributed by atoms with Gasteiger partial charge in [-0.3, -0.25) is 9.78 Å². The van der Waals surface area contributed by atoms with Crippen molar-refractivity contribution >= 4 is 5.91 Å². The first-order valence-electron chi connectivity index (χ1n) is 10.0. The Kier molecular flexibility index (Phi) is 4.95. The molecule has 8 heteroatoms. The van der Waals surface area contributed by atoms with Crippen molar-refractivity contribution in [2.75, 3.05) is 0 Å². The zero-order valence-corrected chi connectivity index (χ0v) is 16.6. The first-order chi connectivity index (χ1) is 15.2. The monoisotopic (exact) mass is 414 g/mol. The Labute approximate surface area is 178 Å². The summed E-state index contributed by atoms with van der Waals surface area (Å²) in [5, 5.41) is 7.30. The van der Waals surface area contributed by atoms with Crippen molar-refractivity contribution in [2.45, 2.75) is 25.3 Å². The van der Waals surface area contributed by atoms with Gasteiger partial charge in [-0.1, -0.05) is 18.2 Å². The Morgan fingerprint density at radius 1 is 1.06 bits per heavy atom. The summed E-state index contributed by atoms with van der Waals surface area (Å²) < 4.78 is 15.8. The van der Waals surface area contributed by atoms with E-state index >= 15 is 0 Å². The van der Waals surface area contributed by atoms with Gasteiger partial charge in [0.2, 0.25) is 0 Å². The molecule has 0 unspecified atom stereocenters. The number of benzene rings is 1. The summed E-state index contributed by atoms with van der Waals surface area (Å²) >= 11 is 0. The molecule has 0 bridgehead atoms. The molecule has 0 aliphatic heterocycles. The van der Waals surface area contributed by atoms with E-state index in [4.69, 9.17) is 0 Å². The normalized spacial score (nSPS) is 13.2. The number of hydrogen-bond acceptors (Lipinski definition) is 5. The van der Waals surface area contributed by atoms with Crippen molar-refractivity contribution in [3.63, 3.8) is 0 Å². The lowest BCUT2D eigenvalue weighted by Crippen LogP contribution is -2.24. The van der Waals surface area contributed by atoms with Crippen molar-refractivity contribution in [3.05, 3.63) is 89.9 Å². The van der Waals surface area contributed by atoms with Crippen molar-refractivity contribution in [1.29, 1.82) is 0 Å². The van der Waals surface area contributed by atoms with Crippen LogP contribution in [0.2, 0.25) is 0 Å². The van der Waals surface area contributed by atoms with Crippen LogP contribution in [-0.4, -0.2) is 30.6 Å². The highest BCUT2D eigenvalue weighted by molar-refractivity contribution is 5.95. The van der Waals surface area contributed by atoms with Gasteiger partial charge in [0.25, 0.3) is 11.9 Å². The molecule has 154 valence electrons. The maximum Gasteiger partial charge on any atom is 0.255 e. The summed E-state index contributed by atoms with van der Waals surface area (Å²) in [6.45, 7) is 0.328. The minimum Gasteiger partial charge on any atom is -0.346 e. The molecular weight excluding hydrogens is 395 g/mol. The number of carbonyl (C=O) groups excluding carboxylic acids is 1. The van der Waals surface area contributed by atoms with Gasteiger partial charge in [0.1, 0.15) is 5.82 Å². The van der Waals surface area contributed by atoms with E-state index in [1.54, 1.807) is 47.5 Å². The lowest BCUT2D eigenvalue weighted by atomic mass is 10.1. The van der Waals surface area contributed by atoms with E-state index in [0.717, 1.165) is 24.2 Å². The van der Waals surface area contributed by atoms with Gasteiger partial charge in [0.05, 0.1) is 35.4 Å². The molecule has 1 amide bonds. The van der Waals surface area contributed by atoms with E-state index in [0.29, 0.717) is 29.3 Å². The molecule has 1 aromatic carbocycles. The smallest absolute Gasteiger partial charge is 0.255 e. The van der Waals surface area contributed by atoms with Crippen molar-refractivity contribution in [2.24, 2.45) is 0 Å². The summed E-state index contributed by atoms with van der Waals surface area (Å²) in [5.74, 6) is -0.0427. The number of rotatable bonds is 6. The number of halogens is 1. The maximum atomic E-state index is 14.2. The average molecular weight is 414 g/mol. The van der Waals surface area contributed by atoms with Crippen LogP contribution in [0, 0.1) is 5.82 Å². The SMILES string of the molecule is O=C(NCc1ccccn1)c1cnn(-c2nccc(-c3ccccc3F)n2)c1C1CC1. The molecular formula is C23H19FN6O. The van der Waals surface area contributed by atoms with Gasteiger partial charge < -0.3 is 5.32 Å². The number of aromatic nitrogens is 5. The standard InChI is InChI=1S/C23H19FN6O/c24-19-7-2-1-6-17(19)20-10-12-26-23(29-20)30-21(15-8-9-15)18(14-28-30)22(31)27-13-16-5-3-4-11-25-16/h1-7,10-12,14-15H,8-9,13H2,(H,27,31). The summed E-state index contributed by atoms with van der Waals surface area (Å²) in [4.78, 5) is 25.9. The molecule has 1 aliphatic carbocycles. The van der Waals surface area contributed by atoms with Crippen molar-refractivity contribution in [3.8, 4) is 17.2 Å².